The first-order valence-electron chi connectivity index (χ1n) is 9.87. The van der Waals surface area contributed by atoms with Crippen molar-refractivity contribution < 1.29 is 9.59 Å². The summed E-state index contributed by atoms with van der Waals surface area (Å²) >= 11 is 0. The Bertz CT molecular complexity index is 1150. The van der Waals surface area contributed by atoms with Crippen LogP contribution in [0.5, 0.6) is 0 Å². The minimum absolute atomic E-state index is 0.139. The second-order valence-electron chi connectivity index (χ2n) is 7.07. The molecule has 31 heavy (non-hydrogen) atoms. The van der Waals surface area contributed by atoms with Gasteiger partial charge in [0.25, 0.3) is 0 Å². The summed E-state index contributed by atoms with van der Waals surface area (Å²) in [5.41, 5.74) is 3.04. The van der Waals surface area contributed by atoms with Gasteiger partial charge in [-0.05, 0) is 55.0 Å². The van der Waals surface area contributed by atoms with Crippen molar-refractivity contribution in [2.75, 3.05) is 10.6 Å². The predicted octanol–water partition coefficient (Wildman–Crippen LogP) is 3.45. The normalized spacial score (nSPS) is 11.6. The fourth-order valence-electron chi connectivity index (χ4n) is 3.13. The zero-order valence-corrected chi connectivity index (χ0v) is 17.0. The van der Waals surface area contributed by atoms with Crippen LogP contribution in [0.1, 0.15) is 18.5 Å². The fourth-order valence-corrected chi connectivity index (χ4v) is 3.13. The molecular formula is C23H22N6O2. The van der Waals surface area contributed by atoms with E-state index in [-0.39, 0.29) is 18.2 Å². The molecule has 8 heteroatoms. The van der Waals surface area contributed by atoms with Gasteiger partial charge in [-0.15, -0.1) is 0 Å². The lowest BCUT2D eigenvalue weighted by molar-refractivity contribution is -0.119. The van der Waals surface area contributed by atoms with Crippen LogP contribution < -0.4 is 10.6 Å². The van der Waals surface area contributed by atoms with E-state index in [1.54, 1.807) is 65.2 Å². The molecule has 0 saturated carbocycles. The van der Waals surface area contributed by atoms with Gasteiger partial charge in [-0.3, -0.25) is 14.3 Å². The second-order valence-corrected chi connectivity index (χ2v) is 7.07. The van der Waals surface area contributed by atoms with E-state index in [1.165, 1.54) is 0 Å². The lowest BCUT2D eigenvalue weighted by atomic mass is 10.1. The third-order valence-corrected chi connectivity index (χ3v) is 4.78. The maximum atomic E-state index is 12.5. The van der Waals surface area contributed by atoms with Crippen molar-refractivity contribution >= 4 is 23.2 Å². The molecule has 2 amide bonds. The van der Waals surface area contributed by atoms with E-state index in [2.05, 4.69) is 20.8 Å². The Hall–Kier alpha value is -4.20. The number of aromatic nitrogens is 4. The van der Waals surface area contributed by atoms with Crippen LogP contribution in [0, 0.1) is 0 Å². The maximum absolute atomic E-state index is 12.5. The topological polar surface area (TPSA) is 93.8 Å². The van der Waals surface area contributed by atoms with Crippen molar-refractivity contribution in [2.45, 2.75) is 19.4 Å². The van der Waals surface area contributed by atoms with Crippen molar-refractivity contribution in [3.63, 3.8) is 0 Å². The number of amides is 2. The molecule has 2 aromatic carbocycles. The number of hydrogen-bond donors (Lipinski definition) is 2. The Morgan fingerprint density at radius 3 is 2.29 bits per heavy atom. The van der Waals surface area contributed by atoms with Gasteiger partial charge in [0.1, 0.15) is 6.04 Å². The minimum atomic E-state index is -0.446. The third kappa shape index (κ3) is 5.05. The summed E-state index contributed by atoms with van der Waals surface area (Å²) in [5.74, 6) is -0.329. The molecule has 2 N–H and O–H groups in total. The first-order chi connectivity index (χ1) is 15.1. The van der Waals surface area contributed by atoms with Crippen LogP contribution in [0.15, 0.2) is 85.5 Å². The van der Waals surface area contributed by atoms with Crippen molar-refractivity contribution in [3.8, 4) is 5.69 Å². The summed E-state index contributed by atoms with van der Waals surface area (Å²) in [7, 11) is 0. The van der Waals surface area contributed by atoms with Gasteiger partial charge in [0.05, 0.1) is 12.1 Å². The van der Waals surface area contributed by atoms with E-state index >= 15 is 0 Å². The van der Waals surface area contributed by atoms with Gasteiger partial charge < -0.3 is 10.6 Å². The van der Waals surface area contributed by atoms with Crippen LogP contribution in [0.25, 0.3) is 5.69 Å². The SMILES string of the molecule is CC(C(=O)Nc1cccc(NC(=O)Cc2ccc(-n3cccn3)cc2)c1)n1cccn1. The second kappa shape index (κ2) is 9.08. The number of benzene rings is 2. The van der Waals surface area contributed by atoms with E-state index in [0.29, 0.717) is 11.4 Å². The number of anilines is 2. The van der Waals surface area contributed by atoms with Crippen LogP contribution in [-0.2, 0) is 16.0 Å². The molecule has 0 aliphatic rings. The highest BCUT2D eigenvalue weighted by Gasteiger charge is 2.15. The van der Waals surface area contributed by atoms with Crippen LogP contribution in [0.2, 0.25) is 0 Å². The molecule has 0 aliphatic heterocycles. The van der Waals surface area contributed by atoms with Crippen LogP contribution in [0.4, 0.5) is 11.4 Å². The smallest absolute Gasteiger partial charge is 0.248 e. The Labute approximate surface area is 179 Å². The largest absolute Gasteiger partial charge is 0.326 e. The van der Waals surface area contributed by atoms with Crippen molar-refractivity contribution in [3.05, 3.63) is 91.0 Å². The molecular weight excluding hydrogens is 392 g/mol. The van der Waals surface area contributed by atoms with Gasteiger partial charge >= 0.3 is 0 Å². The van der Waals surface area contributed by atoms with Crippen LogP contribution in [-0.4, -0.2) is 31.4 Å². The highest BCUT2D eigenvalue weighted by molar-refractivity contribution is 5.96. The summed E-state index contributed by atoms with van der Waals surface area (Å²) in [6.45, 7) is 1.77. The van der Waals surface area contributed by atoms with E-state index in [4.69, 9.17) is 0 Å². The molecule has 0 aliphatic carbocycles. The number of nitrogens with zero attached hydrogens (tertiary/aromatic N) is 4. The lowest BCUT2D eigenvalue weighted by Crippen LogP contribution is -2.24. The fraction of sp³-hybridized carbons (Fsp3) is 0.130. The molecule has 2 aromatic heterocycles. The van der Waals surface area contributed by atoms with Crippen molar-refractivity contribution in [2.24, 2.45) is 0 Å². The van der Waals surface area contributed by atoms with E-state index < -0.39 is 6.04 Å². The number of carbonyl (C=O) groups is 2. The minimum Gasteiger partial charge on any atom is -0.326 e. The highest BCUT2D eigenvalue weighted by atomic mass is 16.2. The van der Waals surface area contributed by atoms with Gasteiger partial charge in [-0.2, -0.15) is 10.2 Å². The predicted molar refractivity (Wildman–Crippen MR) is 118 cm³/mol. The maximum Gasteiger partial charge on any atom is 0.248 e. The lowest BCUT2D eigenvalue weighted by Gasteiger charge is -2.13. The van der Waals surface area contributed by atoms with Gasteiger partial charge in [0.2, 0.25) is 11.8 Å². The number of rotatable bonds is 7. The van der Waals surface area contributed by atoms with Gasteiger partial charge in [0.15, 0.2) is 0 Å². The summed E-state index contributed by atoms with van der Waals surface area (Å²) in [4.78, 5) is 24.9. The standard InChI is InChI=1S/C23H22N6O2/c1-17(28-13-3-11-24-28)23(31)27-20-6-2-5-19(16-20)26-22(30)15-18-7-9-21(10-8-18)29-14-4-12-25-29/h2-14,16-17H,15H2,1H3,(H,26,30)(H,27,31). The summed E-state index contributed by atoms with van der Waals surface area (Å²) in [5, 5.41) is 14.0. The van der Waals surface area contributed by atoms with E-state index in [0.717, 1.165) is 11.3 Å². The molecule has 0 radical (unpaired) electrons. The summed E-state index contributed by atoms with van der Waals surface area (Å²) in [6.07, 6.45) is 7.19. The molecule has 8 nitrogen and oxygen atoms in total. The Morgan fingerprint density at radius 2 is 1.61 bits per heavy atom. The Balaban J connectivity index is 1.35. The van der Waals surface area contributed by atoms with E-state index in [1.807, 2.05) is 36.5 Å². The first kappa shape index (κ1) is 20.1. The summed E-state index contributed by atoms with van der Waals surface area (Å²) < 4.78 is 3.34. The first-order valence-corrected chi connectivity index (χ1v) is 9.87. The average molecular weight is 414 g/mol. The van der Waals surface area contributed by atoms with E-state index in [9.17, 15) is 9.59 Å². The monoisotopic (exact) mass is 414 g/mol. The van der Waals surface area contributed by atoms with Gasteiger partial charge in [-0.25, -0.2) is 4.68 Å². The molecule has 0 fully saturated rings. The van der Waals surface area contributed by atoms with Crippen molar-refractivity contribution in [1.29, 1.82) is 0 Å². The highest BCUT2D eigenvalue weighted by Crippen LogP contribution is 2.18. The summed E-state index contributed by atoms with van der Waals surface area (Å²) in [6, 6.07) is 17.9. The molecule has 4 rings (SSSR count). The average Bonchev–Trinajstić information content (AvgIpc) is 3.48. The number of hydrogen-bond acceptors (Lipinski definition) is 4. The molecule has 1 atom stereocenters. The molecule has 0 bridgehead atoms. The molecule has 4 aromatic rings. The Kier molecular flexibility index (Phi) is 5.89. The van der Waals surface area contributed by atoms with Crippen molar-refractivity contribution in [1.82, 2.24) is 19.6 Å². The van der Waals surface area contributed by atoms with Crippen LogP contribution >= 0.6 is 0 Å². The quantitative estimate of drug-likeness (QED) is 0.484. The van der Waals surface area contributed by atoms with Gasteiger partial charge in [-0.1, -0.05) is 18.2 Å². The zero-order valence-electron chi connectivity index (χ0n) is 17.0. The Morgan fingerprint density at radius 1 is 0.903 bits per heavy atom. The van der Waals surface area contributed by atoms with Gasteiger partial charge in [0, 0.05) is 36.2 Å². The molecule has 0 spiro atoms. The third-order valence-electron chi connectivity index (χ3n) is 4.78. The molecule has 2 heterocycles. The van der Waals surface area contributed by atoms with Crippen LogP contribution in [0.3, 0.4) is 0 Å². The number of nitrogens with one attached hydrogen (secondary N) is 2. The molecule has 0 saturated heterocycles. The number of carbonyl (C=O) groups excluding carboxylic acids is 2. The zero-order chi connectivity index (χ0) is 21.6. The molecule has 1 unspecified atom stereocenters. The molecule has 156 valence electrons.